The van der Waals surface area contributed by atoms with Crippen LogP contribution < -0.4 is 0 Å². The van der Waals surface area contributed by atoms with E-state index in [0.29, 0.717) is 31.6 Å². The molecular formula is C19H21N3O3. The lowest BCUT2D eigenvalue weighted by Crippen LogP contribution is -2.37. The number of benzene rings is 1. The van der Waals surface area contributed by atoms with E-state index in [1.54, 1.807) is 15.8 Å². The van der Waals surface area contributed by atoms with Gasteiger partial charge in [0, 0.05) is 31.0 Å². The van der Waals surface area contributed by atoms with Crippen molar-refractivity contribution in [2.24, 2.45) is 11.3 Å². The van der Waals surface area contributed by atoms with E-state index in [1.165, 1.54) is 0 Å². The molecule has 4 rings (SSSR count). The number of aromatic nitrogens is 2. The first-order chi connectivity index (χ1) is 12.1. The number of carbonyl (C=O) groups is 2. The fourth-order valence-electron chi connectivity index (χ4n) is 4.40. The maximum Gasteiger partial charge on any atom is 0.311 e. The first-order valence-electron chi connectivity index (χ1n) is 8.68. The minimum absolute atomic E-state index is 0.0715. The molecule has 25 heavy (non-hydrogen) atoms. The highest BCUT2D eigenvalue weighted by atomic mass is 16.4. The van der Waals surface area contributed by atoms with Crippen LogP contribution in [0.5, 0.6) is 0 Å². The number of carboxylic acid groups (broad SMARTS) is 1. The number of likely N-dealkylation sites (tertiary alicyclic amines) is 1. The zero-order valence-corrected chi connectivity index (χ0v) is 14.0. The van der Waals surface area contributed by atoms with Crippen LogP contribution in [0.4, 0.5) is 0 Å². The first kappa shape index (κ1) is 15.9. The van der Waals surface area contributed by atoms with Gasteiger partial charge < -0.3 is 10.0 Å². The third-order valence-electron chi connectivity index (χ3n) is 5.72. The molecule has 2 atom stereocenters. The Morgan fingerprint density at radius 3 is 2.84 bits per heavy atom. The maximum atomic E-state index is 13.1. The van der Waals surface area contributed by atoms with Crippen LogP contribution in [-0.2, 0) is 11.3 Å². The SMILES string of the molecule is O=C(c1ccccc1Cn1cccn1)N1C[C@@H]2CCC[C@@]2(C(=O)O)C1. The number of amides is 1. The molecule has 0 radical (unpaired) electrons. The first-order valence-corrected chi connectivity index (χ1v) is 8.68. The summed E-state index contributed by atoms with van der Waals surface area (Å²) < 4.78 is 1.78. The van der Waals surface area contributed by atoms with Gasteiger partial charge in [-0.2, -0.15) is 5.10 Å². The van der Waals surface area contributed by atoms with Gasteiger partial charge in [-0.1, -0.05) is 24.6 Å². The van der Waals surface area contributed by atoms with Gasteiger partial charge in [0.05, 0.1) is 12.0 Å². The van der Waals surface area contributed by atoms with E-state index in [0.717, 1.165) is 18.4 Å². The average Bonchev–Trinajstić information content (AvgIpc) is 3.30. The Bertz CT molecular complexity index is 802. The van der Waals surface area contributed by atoms with Crippen LogP contribution in [0.1, 0.15) is 35.2 Å². The highest BCUT2D eigenvalue weighted by Crippen LogP contribution is 2.49. The Labute approximate surface area is 146 Å². The van der Waals surface area contributed by atoms with E-state index in [9.17, 15) is 14.7 Å². The number of rotatable bonds is 4. The molecule has 130 valence electrons. The molecule has 0 spiro atoms. The number of carbonyl (C=O) groups excluding carboxylic acids is 1. The van der Waals surface area contributed by atoms with Gasteiger partial charge in [-0.3, -0.25) is 14.3 Å². The lowest BCUT2D eigenvalue weighted by molar-refractivity contribution is -0.149. The molecule has 1 aromatic carbocycles. The van der Waals surface area contributed by atoms with E-state index < -0.39 is 11.4 Å². The summed E-state index contributed by atoms with van der Waals surface area (Å²) in [6.45, 7) is 1.39. The van der Waals surface area contributed by atoms with Gasteiger partial charge in [0.2, 0.25) is 0 Å². The summed E-state index contributed by atoms with van der Waals surface area (Å²) in [7, 11) is 0. The summed E-state index contributed by atoms with van der Waals surface area (Å²) in [4.78, 5) is 26.7. The predicted molar refractivity (Wildman–Crippen MR) is 91.1 cm³/mol. The maximum absolute atomic E-state index is 13.1. The summed E-state index contributed by atoms with van der Waals surface area (Å²) in [5, 5.41) is 13.9. The Kier molecular flexibility index (Phi) is 3.82. The van der Waals surface area contributed by atoms with Crippen LogP contribution in [0.2, 0.25) is 0 Å². The van der Waals surface area contributed by atoms with Crippen molar-refractivity contribution in [3.63, 3.8) is 0 Å². The zero-order chi connectivity index (χ0) is 17.4. The van der Waals surface area contributed by atoms with Crippen LogP contribution in [0.3, 0.4) is 0 Å². The molecule has 2 aromatic rings. The minimum Gasteiger partial charge on any atom is -0.481 e. The van der Waals surface area contributed by atoms with Crippen LogP contribution in [0, 0.1) is 11.3 Å². The van der Waals surface area contributed by atoms with Crippen molar-refractivity contribution in [3.05, 3.63) is 53.9 Å². The van der Waals surface area contributed by atoms with E-state index in [2.05, 4.69) is 5.10 Å². The fraction of sp³-hybridized carbons (Fsp3) is 0.421. The molecule has 2 heterocycles. The third-order valence-corrected chi connectivity index (χ3v) is 5.72. The van der Waals surface area contributed by atoms with Gasteiger partial charge in [-0.15, -0.1) is 0 Å². The Morgan fingerprint density at radius 1 is 1.28 bits per heavy atom. The van der Waals surface area contributed by atoms with E-state index >= 15 is 0 Å². The van der Waals surface area contributed by atoms with Crippen molar-refractivity contribution < 1.29 is 14.7 Å². The van der Waals surface area contributed by atoms with Crippen LogP contribution >= 0.6 is 0 Å². The van der Waals surface area contributed by atoms with E-state index in [-0.39, 0.29) is 11.8 Å². The molecular weight excluding hydrogens is 318 g/mol. The summed E-state index contributed by atoms with van der Waals surface area (Å²) in [5.41, 5.74) is 0.795. The van der Waals surface area contributed by atoms with Gasteiger partial charge in [-0.05, 0) is 36.5 Å². The second-order valence-electron chi connectivity index (χ2n) is 7.10. The summed E-state index contributed by atoms with van der Waals surface area (Å²) in [6, 6.07) is 9.36. The molecule has 1 saturated carbocycles. The normalized spacial score (nSPS) is 25.1. The number of aliphatic carboxylic acids is 1. The molecule has 6 nitrogen and oxygen atoms in total. The monoisotopic (exact) mass is 339 g/mol. The lowest BCUT2D eigenvalue weighted by Gasteiger charge is -2.23. The third kappa shape index (κ3) is 2.62. The molecule has 1 aliphatic heterocycles. The smallest absolute Gasteiger partial charge is 0.311 e. The molecule has 1 aromatic heterocycles. The van der Waals surface area contributed by atoms with Crippen LogP contribution in [0.25, 0.3) is 0 Å². The molecule has 2 aliphatic rings. The van der Waals surface area contributed by atoms with Crippen molar-refractivity contribution in [2.45, 2.75) is 25.8 Å². The minimum atomic E-state index is -0.755. The fourth-order valence-corrected chi connectivity index (χ4v) is 4.40. The summed E-state index contributed by atoms with van der Waals surface area (Å²) in [5.74, 6) is -0.750. The molecule has 0 unspecified atom stereocenters. The Balaban J connectivity index is 1.59. The molecule has 6 heteroatoms. The molecule has 0 bridgehead atoms. The van der Waals surface area contributed by atoms with Gasteiger partial charge in [0.25, 0.3) is 5.91 Å². The standard InChI is InChI=1S/C19H21N3O3/c23-17(21-12-15-6-3-8-19(15,13-21)18(24)25)16-7-2-1-5-14(16)11-22-10-4-9-20-22/h1-2,4-5,7,9-10,15H,3,6,8,11-13H2,(H,24,25)/t15-,19+/m0/s1. The second kappa shape index (κ2) is 6.02. The molecule has 2 fully saturated rings. The van der Waals surface area contributed by atoms with Crippen molar-refractivity contribution in [2.75, 3.05) is 13.1 Å². The number of hydrogen-bond donors (Lipinski definition) is 1. The average molecular weight is 339 g/mol. The van der Waals surface area contributed by atoms with Crippen molar-refractivity contribution in [3.8, 4) is 0 Å². The topological polar surface area (TPSA) is 75.4 Å². The van der Waals surface area contributed by atoms with Crippen molar-refractivity contribution >= 4 is 11.9 Å². The number of hydrogen-bond acceptors (Lipinski definition) is 3. The number of nitrogens with zero attached hydrogens (tertiary/aromatic N) is 3. The second-order valence-corrected chi connectivity index (χ2v) is 7.10. The highest BCUT2D eigenvalue weighted by molar-refractivity contribution is 5.96. The molecule has 1 N–H and O–H groups in total. The molecule has 1 amide bonds. The Hall–Kier alpha value is -2.63. The molecule has 1 aliphatic carbocycles. The zero-order valence-electron chi connectivity index (χ0n) is 14.0. The van der Waals surface area contributed by atoms with Gasteiger partial charge in [0.1, 0.15) is 0 Å². The van der Waals surface area contributed by atoms with Gasteiger partial charge >= 0.3 is 5.97 Å². The van der Waals surface area contributed by atoms with E-state index in [1.807, 2.05) is 36.5 Å². The lowest BCUT2D eigenvalue weighted by atomic mass is 9.81. The molecule has 1 saturated heterocycles. The predicted octanol–water partition coefficient (Wildman–Crippen LogP) is 2.26. The van der Waals surface area contributed by atoms with Crippen LogP contribution in [-0.4, -0.2) is 44.8 Å². The number of carboxylic acids is 1. The number of fused-ring (bicyclic) bond motifs is 1. The highest BCUT2D eigenvalue weighted by Gasteiger charge is 2.55. The van der Waals surface area contributed by atoms with Gasteiger partial charge in [-0.25, -0.2) is 0 Å². The van der Waals surface area contributed by atoms with E-state index in [4.69, 9.17) is 0 Å². The quantitative estimate of drug-likeness (QED) is 0.927. The Morgan fingerprint density at radius 2 is 2.12 bits per heavy atom. The summed E-state index contributed by atoms with van der Waals surface area (Å²) >= 11 is 0. The van der Waals surface area contributed by atoms with Crippen molar-refractivity contribution in [1.29, 1.82) is 0 Å². The van der Waals surface area contributed by atoms with Crippen molar-refractivity contribution in [1.82, 2.24) is 14.7 Å². The largest absolute Gasteiger partial charge is 0.481 e. The summed E-state index contributed by atoms with van der Waals surface area (Å²) in [6.07, 6.45) is 6.08. The van der Waals surface area contributed by atoms with Gasteiger partial charge in [0.15, 0.2) is 0 Å². The van der Waals surface area contributed by atoms with Crippen LogP contribution in [0.15, 0.2) is 42.7 Å².